The lowest BCUT2D eigenvalue weighted by atomic mass is 10.0. The van der Waals surface area contributed by atoms with E-state index in [0.717, 1.165) is 29.7 Å². The first-order chi connectivity index (χ1) is 10.1. The molecule has 2 heterocycles. The molecule has 0 aromatic carbocycles. The van der Waals surface area contributed by atoms with E-state index in [0.29, 0.717) is 19.6 Å². The van der Waals surface area contributed by atoms with E-state index in [1.165, 1.54) is 4.88 Å². The van der Waals surface area contributed by atoms with Gasteiger partial charge in [0.15, 0.2) is 0 Å². The van der Waals surface area contributed by atoms with E-state index in [1.54, 1.807) is 23.2 Å². The third-order valence-corrected chi connectivity index (χ3v) is 5.24. The Morgan fingerprint density at radius 2 is 2.14 bits per heavy atom. The Balaban J connectivity index is 2.19. The fourth-order valence-corrected chi connectivity index (χ4v) is 3.85. The summed E-state index contributed by atoms with van der Waals surface area (Å²) in [4.78, 5) is 28.5. The molecule has 1 aromatic heterocycles. The van der Waals surface area contributed by atoms with Gasteiger partial charge in [-0.25, -0.2) is 4.79 Å². The average Bonchev–Trinajstić information content (AvgIpc) is 2.88. The molecule has 0 bridgehead atoms. The summed E-state index contributed by atoms with van der Waals surface area (Å²) in [5, 5.41) is 0. The molecule has 0 N–H and O–H groups in total. The van der Waals surface area contributed by atoms with E-state index in [9.17, 15) is 9.59 Å². The summed E-state index contributed by atoms with van der Waals surface area (Å²) < 4.78 is 5.12. The van der Waals surface area contributed by atoms with Crippen molar-refractivity contribution in [1.82, 2.24) is 4.90 Å². The molecule has 1 amide bonds. The molecule has 4 nitrogen and oxygen atoms in total. The number of ether oxygens (including phenoxy) is 1. The second-order valence-electron chi connectivity index (χ2n) is 5.33. The topological polar surface area (TPSA) is 46.6 Å². The minimum Gasteiger partial charge on any atom is -0.464 e. The van der Waals surface area contributed by atoms with Crippen LogP contribution in [-0.4, -0.2) is 36.0 Å². The molecule has 1 aromatic rings. The first kappa shape index (κ1) is 16.0. The fraction of sp³-hybridized carbons (Fsp3) is 0.625. The van der Waals surface area contributed by atoms with Crippen LogP contribution in [0.2, 0.25) is 0 Å². The molecular weight excluding hydrogens is 286 g/mol. The standard InChI is InChI=1S/C16H23NO3S/c1-4-13-11(3)10-14(21-13)15(18)17-9-7-6-8-12(17)16(19)20-5-2/h10,12H,4-9H2,1-3H3. The minimum atomic E-state index is -0.418. The highest BCUT2D eigenvalue weighted by atomic mass is 32.1. The van der Waals surface area contributed by atoms with Crippen molar-refractivity contribution < 1.29 is 14.3 Å². The number of rotatable bonds is 4. The molecule has 1 aliphatic heterocycles. The number of nitrogens with zero attached hydrogens (tertiary/aromatic N) is 1. The lowest BCUT2D eigenvalue weighted by molar-refractivity contribution is -0.149. The third kappa shape index (κ3) is 3.46. The molecule has 5 heteroatoms. The van der Waals surface area contributed by atoms with Gasteiger partial charge in [0, 0.05) is 11.4 Å². The average molecular weight is 309 g/mol. The number of piperidine rings is 1. The Morgan fingerprint density at radius 3 is 2.76 bits per heavy atom. The molecule has 0 aliphatic carbocycles. The van der Waals surface area contributed by atoms with E-state index in [4.69, 9.17) is 4.74 Å². The number of esters is 1. The van der Waals surface area contributed by atoms with Crippen LogP contribution in [0.1, 0.15) is 53.2 Å². The van der Waals surface area contributed by atoms with Crippen LogP contribution < -0.4 is 0 Å². The molecule has 0 radical (unpaired) electrons. The number of amides is 1. The largest absolute Gasteiger partial charge is 0.464 e. The highest BCUT2D eigenvalue weighted by Gasteiger charge is 2.34. The van der Waals surface area contributed by atoms with Gasteiger partial charge < -0.3 is 9.64 Å². The maximum atomic E-state index is 12.7. The monoisotopic (exact) mass is 309 g/mol. The van der Waals surface area contributed by atoms with Crippen molar-refractivity contribution in [2.45, 2.75) is 52.5 Å². The molecular formula is C16H23NO3S. The van der Waals surface area contributed by atoms with E-state index >= 15 is 0 Å². The van der Waals surface area contributed by atoms with Crippen LogP contribution in [-0.2, 0) is 16.0 Å². The normalized spacial score (nSPS) is 18.6. The highest BCUT2D eigenvalue weighted by Crippen LogP contribution is 2.27. The first-order valence-electron chi connectivity index (χ1n) is 7.65. The van der Waals surface area contributed by atoms with Gasteiger partial charge in [-0.1, -0.05) is 6.92 Å². The maximum Gasteiger partial charge on any atom is 0.328 e. The maximum absolute atomic E-state index is 12.7. The summed E-state index contributed by atoms with van der Waals surface area (Å²) in [6.07, 6.45) is 3.56. The zero-order valence-corrected chi connectivity index (χ0v) is 13.8. The van der Waals surface area contributed by atoms with E-state index < -0.39 is 6.04 Å². The van der Waals surface area contributed by atoms with Gasteiger partial charge in [0.25, 0.3) is 5.91 Å². The molecule has 21 heavy (non-hydrogen) atoms. The Hall–Kier alpha value is -1.36. The SMILES string of the molecule is CCOC(=O)C1CCCCN1C(=O)c1cc(C)c(CC)s1. The molecule has 0 saturated carbocycles. The van der Waals surface area contributed by atoms with Crippen LogP contribution in [0.4, 0.5) is 0 Å². The van der Waals surface area contributed by atoms with Crippen molar-refractivity contribution >= 4 is 23.2 Å². The number of aryl methyl sites for hydroxylation is 2. The zero-order valence-electron chi connectivity index (χ0n) is 13.0. The second kappa shape index (κ2) is 7.07. The molecule has 116 valence electrons. The molecule has 1 fully saturated rings. The number of likely N-dealkylation sites (tertiary alicyclic amines) is 1. The van der Waals surface area contributed by atoms with E-state index in [1.807, 2.05) is 13.0 Å². The van der Waals surface area contributed by atoms with Crippen LogP contribution in [0.5, 0.6) is 0 Å². The van der Waals surface area contributed by atoms with Crippen LogP contribution in [0.25, 0.3) is 0 Å². The van der Waals surface area contributed by atoms with Gasteiger partial charge in [0.05, 0.1) is 11.5 Å². The smallest absolute Gasteiger partial charge is 0.328 e. The number of thiophene rings is 1. The molecule has 1 atom stereocenters. The third-order valence-electron chi connectivity index (χ3n) is 3.87. The van der Waals surface area contributed by atoms with Crippen molar-refractivity contribution in [2.24, 2.45) is 0 Å². The lowest BCUT2D eigenvalue weighted by Gasteiger charge is -2.33. The lowest BCUT2D eigenvalue weighted by Crippen LogP contribution is -2.48. The summed E-state index contributed by atoms with van der Waals surface area (Å²) >= 11 is 1.55. The Labute approximate surface area is 130 Å². The van der Waals surface area contributed by atoms with Crippen LogP contribution >= 0.6 is 11.3 Å². The number of hydrogen-bond acceptors (Lipinski definition) is 4. The second-order valence-corrected chi connectivity index (χ2v) is 6.47. The molecule has 1 aliphatic rings. The van der Waals surface area contributed by atoms with Crippen molar-refractivity contribution in [2.75, 3.05) is 13.2 Å². The predicted octanol–water partition coefficient (Wildman–Crippen LogP) is 3.18. The van der Waals surface area contributed by atoms with E-state index in [2.05, 4.69) is 6.92 Å². The van der Waals surface area contributed by atoms with Crippen molar-refractivity contribution in [3.63, 3.8) is 0 Å². The van der Waals surface area contributed by atoms with Crippen molar-refractivity contribution in [3.8, 4) is 0 Å². The van der Waals surface area contributed by atoms with Crippen molar-refractivity contribution in [1.29, 1.82) is 0 Å². The molecule has 1 unspecified atom stereocenters. The summed E-state index contributed by atoms with van der Waals surface area (Å²) in [6.45, 7) is 6.92. The summed E-state index contributed by atoms with van der Waals surface area (Å²) in [7, 11) is 0. The highest BCUT2D eigenvalue weighted by molar-refractivity contribution is 7.14. The molecule has 2 rings (SSSR count). The number of carbonyl (C=O) groups is 2. The Kier molecular flexibility index (Phi) is 5.39. The Bertz CT molecular complexity index is 524. The van der Waals surface area contributed by atoms with Gasteiger partial charge in [-0.15, -0.1) is 11.3 Å². The zero-order chi connectivity index (χ0) is 15.4. The molecule has 0 spiro atoms. The van der Waals surface area contributed by atoms with Crippen LogP contribution in [0.15, 0.2) is 6.07 Å². The van der Waals surface area contributed by atoms with Gasteiger partial charge in [0.2, 0.25) is 0 Å². The van der Waals surface area contributed by atoms with Crippen LogP contribution in [0.3, 0.4) is 0 Å². The van der Waals surface area contributed by atoms with Gasteiger partial charge >= 0.3 is 5.97 Å². The number of hydrogen-bond donors (Lipinski definition) is 0. The van der Waals surface area contributed by atoms with Gasteiger partial charge in [-0.2, -0.15) is 0 Å². The van der Waals surface area contributed by atoms with Gasteiger partial charge in [-0.3, -0.25) is 4.79 Å². The quantitative estimate of drug-likeness (QED) is 0.803. The Morgan fingerprint density at radius 1 is 1.38 bits per heavy atom. The predicted molar refractivity (Wildman–Crippen MR) is 83.7 cm³/mol. The number of carbonyl (C=O) groups excluding carboxylic acids is 2. The molecule has 1 saturated heterocycles. The fourth-order valence-electron chi connectivity index (χ4n) is 2.78. The van der Waals surface area contributed by atoms with Crippen LogP contribution in [0, 0.1) is 6.92 Å². The summed E-state index contributed by atoms with van der Waals surface area (Å²) in [6, 6.07) is 1.53. The van der Waals surface area contributed by atoms with E-state index in [-0.39, 0.29) is 11.9 Å². The van der Waals surface area contributed by atoms with Gasteiger partial charge in [-0.05, 0) is 51.2 Å². The first-order valence-corrected chi connectivity index (χ1v) is 8.47. The summed E-state index contributed by atoms with van der Waals surface area (Å²) in [5.41, 5.74) is 1.16. The minimum absolute atomic E-state index is 0.0273. The van der Waals surface area contributed by atoms with Crippen molar-refractivity contribution in [3.05, 3.63) is 21.4 Å². The summed E-state index contributed by atoms with van der Waals surface area (Å²) in [5.74, 6) is -0.296. The van der Waals surface area contributed by atoms with Gasteiger partial charge in [0.1, 0.15) is 6.04 Å².